The second-order valence-electron chi connectivity index (χ2n) is 5.94. The number of oxime groups is 1. The molecule has 2 rings (SSSR count). The summed E-state index contributed by atoms with van der Waals surface area (Å²) < 4.78 is 10.9. The Morgan fingerprint density at radius 1 is 1.08 bits per heavy atom. The van der Waals surface area contributed by atoms with Crippen LogP contribution in [0.15, 0.2) is 53.7 Å². The highest BCUT2D eigenvalue weighted by molar-refractivity contribution is 5.97. The Morgan fingerprint density at radius 3 is 2.46 bits per heavy atom. The summed E-state index contributed by atoms with van der Waals surface area (Å²) >= 11 is 0. The minimum atomic E-state index is -0.325. The molecule has 5 heteroatoms. The smallest absolute Gasteiger partial charge is 0.310 e. The maximum atomic E-state index is 11.7. The molecular formula is C21H25NO4. The SMILES string of the molecule is CCC(C)c1ccccc1O/C(=N/OC)c1ccccc1CC(=O)OC. The van der Waals surface area contributed by atoms with Crippen LogP contribution in [0.5, 0.6) is 5.75 Å². The highest BCUT2D eigenvalue weighted by atomic mass is 16.6. The largest absolute Gasteiger partial charge is 0.469 e. The monoisotopic (exact) mass is 355 g/mol. The van der Waals surface area contributed by atoms with Crippen LogP contribution in [-0.2, 0) is 20.8 Å². The van der Waals surface area contributed by atoms with Gasteiger partial charge in [0.05, 0.1) is 13.5 Å². The van der Waals surface area contributed by atoms with E-state index in [-0.39, 0.29) is 12.4 Å². The Morgan fingerprint density at radius 2 is 1.77 bits per heavy atom. The minimum absolute atomic E-state index is 0.131. The molecule has 1 unspecified atom stereocenters. The number of rotatable bonds is 7. The number of nitrogens with zero attached hydrogens (tertiary/aromatic N) is 1. The Hall–Kier alpha value is -2.82. The van der Waals surface area contributed by atoms with Crippen molar-refractivity contribution < 1.29 is 19.1 Å². The second-order valence-corrected chi connectivity index (χ2v) is 5.94. The van der Waals surface area contributed by atoms with E-state index in [1.807, 2.05) is 48.5 Å². The van der Waals surface area contributed by atoms with Crippen molar-refractivity contribution in [3.8, 4) is 5.75 Å². The molecule has 0 fully saturated rings. The van der Waals surface area contributed by atoms with Crippen molar-refractivity contribution in [2.24, 2.45) is 5.16 Å². The molecule has 0 aliphatic rings. The molecule has 0 aliphatic carbocycles. The van der Waals surface area contributed by atoms with E-state index in [0.29, 0.717) is 17.4 Å². The Balaban J connectivity index is 2.41. The Bertz CT molecular complexity index is 770. The van der Waals surface area contributed by atoms with E-state index in [0.717, 1.165) is 23.3 Å². The lowest BCUT2D eigenvalue weighted by Gasteiger charge is -2.17. The van der Waals surface area contributed by atoms with Gasteiger partial charge in [-0.25, -0.2) is 0 Å². The highest BCUT2D eigenvalue weighted by Crippen LogP contribution is 2.29. The first-order valence-electron chi connectivity index (χ1n) is 8.63. The lowest BCUT2D eigenvalue weighted by Crippen LogP contribution is -2.17. The van der Waals surface area contributed by atoms with Gasteiger partial charge >= 0.3 is 5.97 Å². The maximum absolute atomic E-state index is 11.7. The number of esters is 1. The van der Waals surface area contributed by atoms with Gasteiger partial charge in [-0.1, -0.05) is 50.2 Å². The fraction of sp³-hybridized carbons (Fsp3) is 0.333. The van der Waals surface area contributed by atoms with Crippen molar-refractivity contribution in [3.63, 3.8) is 0 Å². The van der Waals surface area contributed by atoms with E-state index in [4.69, 9.17) is 14.3 Å². The summed E-state index contributed by atoms with van der Waals surface area (Å²) in [4.78, 5) is 16.7. The highest BCUT2D eigenvalue weighted by Gasteiger charge is 2.18. The van der Waals surface area contributed by atoms with Gasteiger partial charge in [-0.05, 0) is 40.8 Å². The molecule has 1 atom stereocenters. The van der Waals surface area contributed by atoms with Crippen molar-refractivity contribution in [1.82, 2.24) is 0 Å². The second kappa shape index (κ2) is 9.61. The van der Waals surface area contributed by atoms with Crippen LogP contribution in [0.1, 0.15) is 42.9 Å². The minimum Gasteiger partial charge on any atom is -0.469 e. The Kier molecular flexibility index (Phi) is 7.21. The summed E-state index contributed by atoms with van der Waals surface area (Å²) in [5, 5.41) is 4.05. The molecule has 2 aromatic rings. The molecule has 2 aromatic carbocycles. The molecule has 0 heterocycles. The Labute approximate surface area is 154 Å². The molecule has 0 saturated heterocycles. The third-order valence-electron chi connectivity index (χ3n) is 4.25. The van der Waals surface area contributed by atoms with Gasteiger partial charge in [-0.3, -0.25) is 4.79 Å². The molecule has 0 bridgehead atoms. The number of methoxy groups -OCH3 is 1. The molecule has 0 N–H and O–H groups in total. The third kappa shape index (κ3) is 4.85. The zero-order valence-electron chi connectivity index (χ0n) is 15.7. The number of carbonyl (C=O) groups excluding carboxylic acids is 1. The zero-order valence-corrected chi connectivity index (χ0v) is 15.7. The summed E-state index contributed by atoms with van der Waals surface area (Å²) in [7, 11) is 2.83. The molecule has 0 radical (unpaired) electrons. The van der Waals surface area contributed by atoms with Crippen molar-refractivity contribution in [2.45, 2.75) is 32.6 Å². The molecule has 0 aromatic heterocycles. The predicted octanol–water partition coefficient (Wildman–Crippen LogP) is 4.30. The van der Waals surface area contributed by atoms with Gasteiger partial charge in [-0.15, -0.1) is 0 Å². The molecule has 0 saturated carbocycles. The first-order chi connectivity index (χ1) is 12.6. The van der Waals surface area contributed by atoms with E-state index < -0.39 is 0 Å². The fourth-order valence-electron chi connectivity index (χ4n) is 2.62. The molecule has 26 heavy (non-hydrogen) atoms. The summed E-state index contributed by atoms with van der Waals surface area (Å²) in [6.07, 6.45) is 1.13. The molecule has 5 nitrogen and oxygen atoms in total. The average Bonchev–Trinajstić information content (AvgIpc) is 2.67. The van der Waals surface area contributed by atoms with Crippen LogP contribution in [0.2, 0.25) is 0 Å². The molecular weight excluding hydrogens is 330 g/mol. The van der Waals surface area contributed by atoms with Crippen LogP contribution >= 0.6 is 0 Å². The van der Waals surface area contributed by atoms with Gasteiger partial charge in [0.25, 0.3) is 5.90 Å². The van der Waals surface area contributed by atoms with Gasteiger partial charge in [0, 0.05) is 5.56 Å². The lowest BCUT2D eigenvalue weighted by atomic mass is 9.98. The third-order valence-corrected chi connectivity index (χ3v) is 4.25. The van der Waals surface area contributed by atoms with E-state index in [1.165, 1.54) is 14.2 Å². The van der Waals surface area contributed by atoms with Gasteiger partial charge in [0.1, 0.15) is 12.9 Å². The normalized spacial score (nSPS) is 12.4. The average molecular weight is 355 g/mol. The number of para-hydroxylation sites is 1. The van der Waals surface area contributed by atoms with Crippen LogP contribution in [0.3, 0.4) is 0 Å². The zero-order chi connectivity index (χ0) is 18.9. The molecule has 0 aliphatic heterocycles. The standard InChI is InChI=1S/C21H25NO4/c1-5-15(2)17-11-8-9-13-19(17)26-21(22-25-4)18-12-7-6-10-16(18)14-20(23)24-3/h6-13,15H,5,14H2,1-4H3/b22-21+. The van der Waals surface area contributed by atoms with Crippen molar-refractivity contribution in [2.75, 3.05) is 14.2 Å². The van der Waals surface area contributed by atoms with E-state index in [2.05, 4.69) is 19.0 Å². The van der Waals surface area contributed by atoms with Crippen molar-refractivity contribution in [1.29, 1.82) is 0 Å². The van der Waals surface area contributed by atoms with Crippen LogP contribution in [0.4, 0.5) is 0 Å². The number of hydrogen-bond acceptors (Lipinski definition) is 5. The lowest BCUT2D eigenvalue weighted by molar-refractivity contribution is -0.139. The fourth-order valence-corrected chi connectivity index (χ4v) is 2.62. The van der Waals surface area contributed by atoms with Crippen LogP contribution < -0.4 is 4.74 Å². The molecule has 0 spiro atoms. The number of ether oxygens (including phenoxy) is 2. The van der Waals surface area contributed by atoms with Gasteiger partial charge in [0.2, 0.25) is 0 Å². The van der Waals surface area contributed by atoms with Crippen LogP contribution in [0.25, 0.3) is 0 Å². The first-order valence-corrected chi connectivity index (χ1v) is 8.63. The van der Waals surface area contributed by atoms with Crippen LogP contribution in [-0.4, -0.2) is 26.1 Å². The maximum Gasteiger partial charge on any atom is 0.310 e. The summed E-state index contributed by atoms with van der Waals surface area (Å²) in [6, 6.07) is 15.3. The summed E-state index contributed by atoms with van der Waals surface area (Å²) in [5.41, 5.74) is 2.55. The molecule has 0 amide bonds. The van der Waals surface area contributed by atoms with Gasteiger partial charge in [-0.2, -0.15) is 0 Å². The quantitative estimate of drug-likeness (QED) is 0.321. The van der Waals surface area contributed by atoms with Crippen molar-refractivity contribution >= 4 is 11.9 Å². The van der Waals surface area contributed by atoms with E-state index in [1.54, 1.807) is 0 Å². The number of carbonyl (C=O) groups is 1. The van der Waals surface area contributed by atoms with Gasteiger partial charge < -0.3 is 14.3 Å². The first kappa shape index (κ1) is 19.5. The number of hydrogen-bond donors (Lipinski definition) is 0. The van der Waals surface area contributed by atoms with Crippen LogP contribution in [0, 0.1) is 0 Å². The van der Waals surface area contributed by atoms with Gasteiger partial charge in [0.15, 0.2) is 0 Å². The van der Waals surface area contributed by atoms with E-state index in [9.17, 15) is 4.79 Å². The number of benzene rings is 2. The predicted molar refractivity (Wildman–Crippen MR) is 101 cm³/mol. The van der Waals surface area contributed by atoms with Crippen molar-refractivity contribution in [3.05, 3.63) is 65.2 Å². The summed E-state index contributed by atoms with van der Waals surface area (Å²) in [5.74, 6) is 1.06. The topological polar surface area (TPSA) is 57.1 Å². The molecule has 138 valence electrons. The summed E-state index contributed by atoms with van der Waals surface area (Å²) in [6.45, 7) is 4.29. The van der Waals surface area contributed by atoms with E-state index >= 15 is 0 Å².